The average Bonchev–Trinajstić information content (AvgIpc) is 3.20. The van der Waals surface area contributed by atoms with Crippen LogP contribution in [0.5, 0.6) is 0 Å². The number of sulfone groups is 2. The molecule has 0 bridgehead atoms. The fourth-order valence-electron chi connectivity index (χ4n) is 2.17. The second kappa shape index (κ2) is 6.63. The first-order chi connectivity index (χ1) is 12.8. The molecule has 2 aromatic heterocycles. The summed E-state index contributed by atoms with van der Waals surface area (Å²) in [4.78, 5) is 3.52. The minimum Gasteiger partial charge on any atom is -0.297 e. The second-order valence-corrected chi connectivity index (χ2v) is 10.9. The molecule has 3 rings (SSSR count). The predicted molar refractivity (Wildman–Crippen MR) is 93.7 cm³/mol. The Balaban J connectivity index is 2.18. The van der Waals surface area contributed by atoms with Crippen LogP contribution < -0.4 is 0 Å². The van der Waals surface area contributed by atoms with E-state index in [1.165, 1.54) is 24.3 Å². The van der Waals surface area contributed by atoms with Crippen LogP contribution in [0.2, 0.25) is 0 Å². The van der Waals surface area contributed by atoms with E-state index in [0.29, 0.717) is 17.5 Å². The first-order valence-electron chi connectivity index (χ1n) is 7.28. The van der Waals surface area contributed by atoms with Gasteiger partial charge in [0.1, 0.15) is 0 Å². The van der Waals surface area contributed by atoms with Gasteiger partial charge < -0.3 is 0 Å². The number of benzene rings is 1. The van der Waals surface area contributed by atoms with Crippen molar-refractivity contribution in [1.29, 1.82) is 0 Å². The van der Waals surface area contributed by atoms with Crippen LogP contribution in [0.15, 0.2) is 39.7 Å². The van der Waals surface area contributed by atoms with Gasteiger partial charge in [-0.25, -0.2) is 21.8 Å². The van der Waals surface area contributed by atoms with Crippen LogP contribution in [0.4, 0.5) is 13.2 Å². The highest BCUT2D eigenvalue weighted by atomic mass is 32.2. The third kappa shape index (κ3) is 4.07. The molecule has 3 aromatic rings. The van der Waals surface area contributed by atoms with E-state index in [-0.39, 0.29) is 25.8 Å². The van der Waals surface area contributed by atoms with Gasteiger partial charge >= 0.3 is 6.18 Å². The third-order valence-electron chi connectivity index (χ3n) is 3.45. The lowest BCUT2D eigenvalue weighted by atomic mass is 10.3. The highest BCUT2D eigenvalue weighted by molar-refractivity contribution is 7.92. The molecular formula is C14H11F3N4O4S3. The van der Waals surface area contributed by atoms with E-state index in [9.17, 15) is 30.0 Å². The van der Waals surface area contributed by atoms with E-state index in [1.807, 2.05) is 0 Å². The fraction of sp³-hybridized carbons (Fsp3) is 0.214. The van der Waals surface area contributed by atoms with Crippen LogP contribution in [-0.2, 0) is 25.9 Å². The lowest BCUT2D eigenvalue weighted by Crippen LogP contribution is -2.05. The summed E-state index contributed by atoms with van der Waals surface area (Å²) in [6, 6.07) is 5.09. The number of aromatic nitrogens is 4. The summed E-state index contributed by atoms with van der Waals surface area (Å²) in [6.45, 7) is 0. The van der Waals surface area contributed by atoms with Crippen LogP contribution in [0.25, 0.3) is 16.5 Å². The molecule has 2 heterocycles. The predicted octanol–water partition coefficient (Wildman–Crippen LogP) is 2.22. The average molecular weight is 452 g/mol. The first-order valence-corrected chi connectivity index (χ1v) is 11.9. The molecule has 0 saturated carbocycles. The molecule has 150 valence electrons. The Labute approximate surface area is 161 Å². The van der Waals surface area contributed by atoms with Gasteiger partial charge in [0.2, 0.25) is 14.2 Å². The molecule has 0 aliphatic rings. The smallest absolute Gasteiger partial charge is 0.297 e. The van der Waals surface area contributed by atoms with Crippen molar-refractivity contribution in [3.05, 3.63) is 36.2 Å². The number of alkyl halides is 3. The van der Waals surface area contributed by atoms with Gasteiger partial charge in [0, 0.05) is 24.4 Å². The van der Waals surface area contributed by atoms with Crippen LogP contribution >= 0.6 is 11.3 Å². The van der Waals surface area contributed by atoms with Crippen molar-refractivity contribution in [2.45, 2.75) is 15.4 Å². The van der Waals surface area contributed by atoms with Crippen molar-refractivity contribution >= 4 is 31.0 Å². The van der Waals surface area contributed by atoms with Crippen LogP contribution in [0, 0.1) is 0 Å². The Morgan fingerprint density at radius 3 is 2.04 bits per heavy atom. The van der Waals surface area contributed by atoms with Gasteiger partial charge in [-0.05, 0) is 24.3 Å². The summed E-state index contributed by atoms with van der Waals surface area (Å²) in [5.74, 6) is -0.271. The maximum atomic E-state index is 13.1. The molecule has 0 radical (unpaired) electrons. The third-order valence-corrected chi connectivity index (χ3v) is 7.17. The van der Waals surface area contributed by atoms with Crippen molar-refractivity contribution in [3.63, 3.8) is 0 Å². The zero-order valence-electron chi connectivity index (χ0n) is 14.2. The molecule has 8 nitrogen and oxygen atoms in total. The number of hydrogen-bond donors (Lipinski definition) is 0. The number of imidazole rings is 1. The molecule has 28 heavy (non-hydrogen) atoms. The van der Waals surface area contributed by atoms with E-state index in [4.69, 9.17) is 0 Å². The molecule has 0 saturated heterocycles. The highest BCUT2D eigenvalue weighted by Gasteiger charge is 2.36. The zero-order chi connectivity index (χ0) is 20.9. The van der Waals surface area contributed by atoms with Gasteiger partial charge in [-0.15, -0.1) is 10.2 Å². The highest BCUT2D eigenvalue weighted by Crippen LogP contribution is 2.34. The van der Waals surface area contributed by atoms with Crippen LogP contribution in [-0.4, -0.2) is 49.1 Å². The maximum Gasteiger partial charge on any atom is 0.434 e. The summed E-state index contributed by atoms with van der Waals surface area (Å²) in [6.07, 6.45) is -2.14. The van der Waals surface area contributed by atoms with Crippen molar-refractivity contribution in [3.8, 4) is 16.5 Å². The lowest BCUT2D eigenvalue weighted by Gasteiger charge is -2.06. The van der Waals surface area contributed by atoms with Crippen LogP contribution in [0.1, 0.15) is 5.69 Å². The lowest BCUT2D eigenvalue weighted by molar-refractivity contribution is -0.140. The Hall–Kier alpha value is -2.32. The van der Waals surface area contributed by atoms with Gasteiger partial charge in [-0.1, -0.05) is 11.3 Å². The topological polar surface area (TPSA) is 112 Å². The molecule has 0 N–H and O–H groups in total. The van der Waals surface area contributed by atoms with E-state index >= 15 is 0 Å². The van der Waals surface area contributed by atoms with Crippen molar-refractivity contribution in [1.82, 2.24) is 19.7 Å². The summed E-state index contributed by atoms with van der Waals surface area (Å²) < 4.78 is 86.4. The summed E-state index contributed by atoms with van der Waals surface area (Å²) in [5, 5.41) is 6.98. The molecule has 0 aliphatic carbocycles. The molecule has 0 fully saturated rings. The van der Waals surface area contributed by atoms with Gasteiger partial charge in [-0.3, -0.25) is 4.57 Å². The summed E-state index contributed by atoms with van der Waals surface area (Å²) in [7, 11) is -7.18. The molecule has 14 heteroatoms. The fourth-order valence-corrected chi connectivity index (χ4v) is 4.39. The quantitative estimate of drug-likeness (QED) is 0.597. The Morgan fingerprint density at radius 1 is 0.964 bits per heavy atom. The Bertz CT molecular complexity index is 1240. The Morgan fingerprint density at radius 2 is 1.57 bits per heavy atom. The zero-order valence-corrected chi connectivity index (χ0v) is 16.6. The maximum absolute atomic E-state index is 13.1. The van der Waals surface area contributed by atoms with Gasteiger partial charge in [-0.2, -0.15) is 13.2 Å². The van der Waals surface area contributed by atoms with E-state index < -0.39 is 31.5 Å². The van der Waals surface area contributed by atoms with Gasteiger partial charge in [0.25, 0.3) is 0 Å². The van der Waals surface area contributed by atoms with Crippen molar-refractivity contribution in [2.24, 2.45) is 0 Å². The van der Waals surface area contributed by atoms with E-state index in [0.717, 1.165) is 17.1 Å². The number of rotatable bonds is 4. The summed E-state index contributed by atoms with van der Waals surface area (Å²) >= 11 is 0.576. The van der Waals surface area contributed by atoms with Crippen LogP contribution in [0.3, 0.4) is 0 Å². The minimum atomic E-state index is -4.75. The number of halogens is 3. The SMILES string of the molecule is CS(=O)(=O)c1ccc(-n2cc(C(F)(F)F)nc2-c2nnc(S(C)(=O)=O)s2)cc1. The number of hydrogen-bond acceptors (Lipinski definition) is 8. The van der Waals surface area contributed by atoms with E-state index in [1.54, 1.807) is 0 Å². The van der Waals surface area contributed by atoms with Crippen molar-refractivity contribution in [2.75, 3.05) is 12.5 Å². The molecule has 0 unspecified atom stereocenters. The molecule has 0 spiro atoms. The van der Waals surface area contributed by atoms with Gasteiger partial charge in [0.05, 0.1) is 4.90 Å². The normalized spacial score (nSPS) is 13.0. The standard InChI is InChI=1S/C14H11F3N4O4S3/c1-27(22,23)9-5-3-8(4-6-9)21-7-10(14(15,16)17)18-11(21)12-19-20-13(26-12)28(2,24)25/h3-7H,1-2H3. The molecule has 0 aliphatic heterocycles. The first kappa shape index (κ1) is 20.4. The molecular weight excluding hydrogens is 441 g/mol. The van der Waals surface area contributed by atoms with E-state index in [2.05, 4.69) is 15.2 Å². The monoisotopic (exact) mass is 452 g/mol. The summed E-state index contributed by atoms with van der Waals surface area (Å²) in [5.41, 5.74) is -1.03. The Kier molecular flexibility index (Phi) is 4.84. The minimum absolute atomic E-state index is 0.00996. The second-order valence-electron chi connectivity index (χ2n) is 5.73. The molecule has 0 amide bonds. The molecule has 0 atom stereocenters. The molecule has 1 aromatic carbocycles. The largest absolute Gasteiger partial charge is 0.434 e. The van der Waals surface area contributed by atoms with Gasteiger partial charge in [0.15, 0.2) is 26.4 Å². The number of nitrogens with zero attached hydrogens (tertiary/aromatic N) is 4. The van der Waals surface area contributed by atoms with Crippen molar-refractivity contribution < 1.29 is 30.0 Å².